The van der Waals surface area contributed by atoms with Crippen molar-refractivity contribution >= 4 is 12.4 Å². The summed E-state index contributed by atoms with van der Waals surface area (Å²) in [6.07, 6.45) is 2.64. The van der Waals surface area contributed by atoms with Crippen molar-refractivity contribution in [3.05, 3.63) is 35.6 Å². The predicted octanol–water partition coefficient (Wildman–Crippen LogP) is 2.52. The van der Waals surface area contributed by atoms with E-state index in [0.29, 0.717) is 12.6 Å². The Morgan fingerprint density at radius 2 is 2.31 bits per heavy atom. The fourth-order valence-corrected chi connectivity index (χ4v) is 1.83. The highest BCUT2D eigenvalue weighted by Gasteiger charge is 2.14. The number of halogens is 2. The van der Waals surface area contributed by atoms with Crippen LogP contribution in [0.2, 0.25) is 0 Å². The van der Waals surface area contributed by atoms with Gasteiger partial charge in [0.25, 0.3) is 0 Å². The summed E-state index contributed by atoms with van der Waals surface area (Å²) in [7, 11) is 0. The predicted molar refractivity (Wildman–Crippen MR) is 64.3 cm³/mol. The average Bonchev–Trinajstić information content (AvgIpc) is 2.71. The van der Waals surface area contributed by atoms with Crippen LogP contribution in [0.1, 0.15) is 18.4 Å². The van der Waals surface area contributed by atoms with Crippen LogP contribution in [0.15, 0.2) is 24.3 Å². The molecule has 0 aliphatic carbocycles. The van der Waals surface area contributed by atoms with Crippen LogP contribution in [0.3, 0.4) is 0 Å². The van der Waals surface area contributed by atoms with Gasteiger partial charge in [0.05, 0.1) is 6.10 Å². The monoisotopic (exact) mass is 245 g/mol. The van der Waals surface area contributed by atoms with Crippen molar-refractivity contribution < 1.29 is 9.13 Å². The molecule has 1 aromatic rings. The summed E-state index contributed by atoms with van der Waals surface area (Å²) in [4.78, 5) is 0. The zero-order chi connectivity index (χ0) is 10.5. The maximum absolute atomic E-state index is 12.8. The molecule has 2 nitrogen and oxygen atoms in total. The number of hydrogen-bond donors (Lipinski definition) is 1. The molecule has 90 valence electrons. The molecular formula is C12H17ClFNO. The molecule has 1 N–H and O–H groups in total. The number of benzene rings is 1. The molecule has 0 spiro atoms. The summed E-state index contributed by atoms with van der Waals surface area (Å²) in [5, 5.41) is 3.28. The van der Waals surface area contributed by atoms with E-state index in [0.717, 1.165) is 31.6 Å². The molecule has 0 aromatic heterocycles. The van der Waals surface area contributed by atoms with Gasteiger partial charge in [0.2, 0.25) is 0 Å². The summed E-state index contributed by atoms with van der Waals surface area (Å²) in [5.41, 5.74) is 0.980. The van der Waals surface area contributed by atoms with E-state index in [4.69, 9.17) is 4.74 Å². The topological polar surface area (TPSA) is 21.3 Å². The minimum Gasteiger partial charge on any atom is -0.377 e. The Morgan fingerprint density at radius 1 is 1.44 bits per heavy atom. The van der Waals surface area contributed by atoms with Crippen LogP contribution < -0.4 is 5.32 Å². The minimum absolute atomic E-state index is 0. The molecule has 1 aromatic carbocycles. The third kappa shape index (κ3) is 4.08. The van der Waals surface area contributed by atoms with Crippen LogP contribution in [-0.4, -0.2) is 19.3 Å². The van der Waals surface area contributed by atoms with Crippen molar-refractivity contribution in [2.45, 2.75) is 25.5 Å². The molecule has 0 saturated carbocycles. The molecule has 0 bridgehead atoms. The van der Waals surface area contributed by atoms with Crippen molar-refractivity contribution in [3.63, 3.8) is 0 Å². The van der Waals surface area contributed by atoms with Gasteiger partial charge in [-0.05, 0) is 30.5 Å². The first-order valence-electron chi connectivity index (χ1n) is 5.41. The van der Waals surface area contributed by atoms with Gasteiger partial charge < -0.3 is 10.1 Å². The molecule has 4 heteroatoms. The zero-order valence-electron chi connectivity index (χ0n) is 9.12. The van der Waals surface area contributed by atoms with Crippen LogP contribution >= 0.6 is 12.4 Å². The van der Waals surface area contributed by atoms with Gasteiger partial charge in [-0.3, -0.25) is 0 Å². The molecule has 1 unspecified atom stereocenters. The molecular weight excluding hydrogens is 229 g/mol. The maximum Gasteiger partial charge on any atom is 0.123 e. The van der Waals surface area contributed by atoms with Crippen molar-refractivity contribution in [3.8, 4) is 0 Å². The second kappa shape index (κ2) is 6.84. The second-order valence-electron chi connectivity index (χ2n) is 3.90. The molecule has 1 atom stereocenters. The Bertz CT molecular complexity index is 316. The Balaban J connectivity index is 0.00000128. The van der Waals surface area contributed by atoms with Gasteiger partial charge in [0.15, 0.2) is 0 Å². The molecule has 0 amide bonds. The molecule has 16 heavy (non-hydrogen) atoms. The maximum atomic E-state index is 12.8. The SMILES string of the molecule is Cl.Fc1cccc(CNCC2CCCO2)c1. The van der Waals surface area contributed by atoms with E-state index < -0.39 is 0 Å². The lowest BCUT2D eigenvalue weighted by molar-refractivity contribution is 0.110. The lowest BCUT2D eigenvalue weighted by atomic mass is 10.2. The van der Waals surface area contributed by atoms with Gasteiger partial charge in [0, 0.05) is 19.7 Å². The van der Waals surface area contributed by atoms with Crippen LogP contribution in [0.5, 0.6) is 0 Å². The van der Waals surface area contributed by atoms with Gasteiger partial charge in [-0.15, -0.1) is 12.4 Å². The van der Waals surface area contributed by atoms with E-state index in [1.165, 1.54) is 6.07 Å². The van der Waals surface area contributed by atoms with Crippen LogP contribution in [0.25, 0.3) is 0 Å². The van der Waals surface area contributed by atoms with Gasteiger partial charge in [-0.1, -0.05) is 12.1 Å². The first kappa shape index (κ1) is 13.4. The van der Waals surface area contributed by atoms with E-state index in [-0.39, 0.29) is 18.2 Å². The molecule has 1 aliphatic heterocycles. The van der Waals surface area contributed by atoms with E-state index >= 15 is 0 Å². The van der Waals surface area contributed by atoms with Crippen LogP contribution in [0, 0.1) is 5.82 Å². The fraction of sp³-hybridized carbons (Fsp3) is 0.500. The van der Waals surface area contributed by atoms with Crippen molar-refractivity contribution in [1.82, 2.24) is 5.32 Å². The fourth-order valence-electron chi connectivity index (χ4n) is 1.83. The molecule has 1 heterocycles. The standard InChI is InChI=1S/C12H16FNO.ClH/c13-11-4-1-3-10(7-11)8-14-9-12-5-2-6-15-12;/h1,3-4,7,12,14H,2,5-6,8-9H2;1H. The summed E-state index contributed by atoms with van der Waals surface area (Å²) in [6, 6.07) is 6.68. The molecule has 1 aliphatic rings. The Morgan fingerprint density at radius 3 is 3.00 bits per heavy atom. The molecule has 1 fully saturated rings. The van der Waals surface area contributed by atoms with Gasteiger partial charge >= 0.3 is 0 Å². The Labute approximate surface area is 102 Å². The van der Waals surface area contributed by atoms with Gasteiger partial charge in [-0.2, -0.15) is 0 Å². The number of ether oxygens (including phenoxy) is 1. The van der Waals surface area contributed by atoms with Crippen molar-refractivity contribution in [2.75, 3.05) is 13.2 Å². The highest BCUT2D eigenvalue weighted by atomic mass is 35.5. The van der Waals surface area contributed by atoms with Crippen LogP contribution in [-0.2, 0) is 11.3 Å². The van der Waals surface area contributed by atoms with E-state index in [2.05, 4.69) is 5.32 Å². The van der Waals surface area contributed by atoms with Crippen LogP contribution in [0.4, 0.5) is 4.39 Å². The lowest BCUT2D eigenvalue weighted by Crippen LogP contribution is -2.25. The van der Waals surface area contributed by atoms with E-state index in [1.807, 2.05) is 6.07 Å². The lowest BCUT2D eigenvalue weighted by Gasteiger charge is -2.10. The Hall–Kier alpha value is -0.640. The summed E-state index contributed by atoms with van der Waals surface area (Å²) in [6.45, 7) is 2.44. The number of rotatable bonds is 4. The smallest absolute Gasteiger partial charge is 0.123 e. The van der Waals surface area contributed by atoms with Gasteiger partial charge in [0.1, 0.15) is 5.82 Å². The summed E-state index contributed by atoms with van der Waals surface area (Å²) < 4.78 is 18.3. The van der Waals surface area contributed by atoms with Gasteiger partial charge in [-0.25, -0.2) is 4.39 Å². The quantitative estimate of drug-likeness (QED) is 0.880. The first-order valence-corrected chi connectivity index (χ1v) is 5.41. The number of hydrogen-bond acceptors (Lipinski definition) is 2. The van der Waals surface area contributed by atoms with E-state index in [1.54, 1.807) is 12.1 Å². The molecule has 0 radical (unpaired) electrons. The zero-order valence-corrected chi connectivity index (χ0v) is 9.93. The first-order chi connectivity index (χ1) is 7.34. The van der Waals surface area contributed by atoms with E-state index in [9.17, 15) is 4.39 Å². The second-order valence-corrected chi connectivity index (χ2v) is 3.90. The molecule has 1 saturated heterocycles. The molecule has 2 rings (SSSR count). The Kier molecular flexibility index (Phi) is 5.74. The normalized spacial score (nSPS) is 19.4. The van der Waals surface area contributed by atoms with Crippen molar-refractivity contribution in [1.29, 1.82) is 0 Å². The summed E-state index contributed by atoms with van der Waals surface area (Å²) in [5.74, 6) is -0.175. The van der Waals surface area contributed by atoms with Crippen molar-refractivity contribution in [2.24, 2.45) is 0 Å². The third-order valence-electron chi connectivity index (χ3n) is 2.61. The third-order valence-corrected chi connectivity index (χ3v) is 2.61. The highest BCUT2D eigenvalue weighted by Crippen LogP contribution is 2.11. The minimum atomic E-state index is -0.175. The summed E-state index contributed by atoms with van der Waals surface area (Å²) >= 11 is 0. The highest BCUT2D eigenvalue weighted by molar-refractivity contribution is 5.85. The largest absolute Gasteiger partial charge is 0.377 e. The average molecular weight is 246 g/mol. The number of nitrogens with one attached hydrogen (secondary N) is 1.